The van der Waals surface area contributed by atoms with E-state index in [0.29, 0.717) is 6.61 Å². The fraction of sp³-hybridized carbons (Fsp3) is 0.828. The average molecular weight is 606 g/mol. The van der Waals surface area contributed by atoms with E-state index in [1.165, 1.54) is 51.1 Å². The van der Waals surface area contributed by atoms with Crippen molar-refractivity contribution in [2.75, 3.05) is 94.8 Å². The molecule has 0 saturated heterocycles. The molecule has 0 unspecified atom stereocenters. The quantitative estimate of drug-likeness (QED) is 0.135. The molecule has 0 N–H and O–H groups in total. The number of quaternary nitrogens is 3. The molecule has 232 valence electrons. The zero-order valence-electron chi connectivity index (χ0n) is 25.7. The van der Waals surface area contributed by atoms with E-state index in [9.17, 15) is 0 Å². The Morgan fingerprint density at radius 2 is 1.18 bits per heavy atom. The highest BCUT2D eigenvalue weighted by Gasteiger charge is 2.22. The van der Waals surface area contributed by atoms with Crippen molar-refractivity contribution >= 4 is 0 Å². The Morgan fingerprint density at radius 1 is 0.658 bits per heavy atom. The van der Waals surface area contributed by atoms with Crippen LogP contribution in [0.25, 0.3) is 0 Å². The molecule has 0 radical (unpaired) electrons. The summed E-state index contributed by atoms with van der Waals surface area (Å²) in [5, 5.41) is 0. The van der Waals surface area contributed by atoms with Gasteiger partial charge >= 0.3 is 0 Å². The number of ether oxygens (including phenoxy) is 2. The van der Waals surface area contributed by atoms with Crippen LogP contribution in [-0.4, -0.2) is 113 Å². The van der Waals surface area contributed by atoms with Gasteiger partial charge in [0.1, 0.15) is 19.6 Å². The van der Waals surface area contributed by atoms with Crippen LogP contribution in [0.15, 0.2) is 18.2 Å². The van der Waals surface area contributed by atoms with Crippen LogP contribution in [0.1, 0.15) is 65.8 Å². The molecule has 0 fully saturated rings. The zero-order valence-corrected chi connectivity index (χ0v) is 27.9. The monoisotopic (exact) mass is 604 g/mol. The summed E-state index contributed by atoms with van der Waals surface area (Å²) in [5.74, 6) is 0. The van der Waals surface area contributed by atoms with Gasteiger partial charge in [-0.05, 0) is 59.1 Å². The molecule has 9 heteroatoms. The van der Waals surface area contributed by atoms with Gasteiger partial charge in [0.25, 0.3) is 0 Å². The highest BCUT2D eigenvalue weighted by atomic mass is 35.5. The first kappa shape index (κ1) is 47.6. The molecule has 0 aromatic carbocycles. The molecular weight excluding hydrogens is 543 g/mol. The van der Waals surface area contributed by atoms with E-state index < -0.39 is 0 Å². The maximum atomic E-state index is 5.12. The Balaban J connectivity index is -0.000000173. The smallest absolute Gasteiger partial charge is 0.128 e. The summed E-state index contributed by atoms with van der Waals surface area (Å²) in [5.41, 5.74) is 2.19. The van der Waals surface area contributed by atoms with Crippen molar-refractivity contribution in [1.29, 1.82) is 0 Å². The summed E-state index contributed by atoms with van der Waals surface area (Å²) >= 11 is 0. The lowest BCUT2D eigenvalue weighted by atomic mass is 10.2. The molecule has 1 heterocycles. The minimum absolute atomic E-state index is 0. The van der Waals surface area contributed by atoms with Crippen molar-refractivity contribution in [3.05, 3.63) is 29.6 Å². The van der Waals surface area contributed by atoms with Crippen molar-refractivity contribution < 1.29 is 60.1 Å². The molecule has 1 aromatic rings. The second kappa shape index (κ2) is 25.8. The molecule has 0 saturated carbocycles. The molecule has 38 heavy (non-hydrogen) atoms. The van der Waals surface area contributed by atoms with Gasteiger partial charge in [-0.15, -0.1) is 0 Å². The summed E-state index contributed by atoms with van der Waals surface area (Å²) in [6, 6.07) is 6.21. The molecular formula is C29H63Cl3N4O2. The third-order valence-corrected chi connectivity index (χ3v) is 7.45. The molecule has 0 aliphatic heterocycles. The highest BCUT2D eigenvalue weighted by Crippen LogP contribution is 2.13. The van der Waals surface area contributed by atoms with Crippen LogP contribution in [0, 0.1) is 0 Å². The maximum Gasteiger partial charge on any atom is 0.128 e. The van der Waals surface area contributed by atoms with Gasteiger partial charge < -0.3 is 60.1 Å². The molecule has 6 nitrogen and oxygen atoms in total. The molecule has 0 amide bonds. The topological polar surface area (TPSA) is 31.4 Å². The van der Waals surface area contributed by atoms with Gasteiger partial charge in [0.2, 0.25) is 0 Å². The largest absolute Gasteiger partial charge is 1.00 e. The first-order valence-electron chi connectivity index (χ1n) is 13.4. The second-order valence-corrected chi connectivity index (χ2v) is 10.9. The minimum atomic E-state index is 0. The molecule has 0 spiro atoms. The van der Waals surface area contributed by atoms with Gasteiger partial charge in [-0.25, -0.2) is 4.98 Å². The van der Waals surface area contributed by atoms with E-state index in [1.807, 2.05) is 6.07 Å². The number of nitrogens with zero attached hydrogens (tertiary/aromatic N) is 4. The predicted octanol–water partition coefficient (Wildman–Crippen LogP) is -3.77. The first-order chi connectivity index (χ1) is 16.0. The van der Waals surface area contributed by atoms with E-state index in [4.69, 9.17) is 9.47 Å². The number of hydrogen-bond donors (Lipinski definition) is 0. The SMILES string of the molecule is C.CC[N+](C)(C)CC[N+](C)(C)CCCCCOC.CC[N+](CC)(CC)Cc1cccc(COC)n1.[Cl-].[Cl-].[Cl-]. The average Bonchev–Trinajstić information content (AvgIpc) is 2.82. The minimum Gasteiger partial charge on any atom is -1.00 e. The van der Waals surface area contributed by atoms with Crippen molar-refractivity contribution in [3.63, 3.8) is 0 Å². The Morgan fingerprint density at radius 3 is 1.66 bits per heavy atom. The number of methoxy groups -OCH3 is 2. The van der Waals surface area contributed by atoms with Gasteiger partial charge in [0.15, 0.2) is 0 Å². The van der Waals surface area contributed by atoms with Crippen molar-refractivity contribution in [2.24, 2.45) is 0 Å². The van der Waals surface area contributed by atoms with Crippen LogP contribution in [0.2, 0.25) is 0 Å². The third-order valence-electron chi connectivity index (χ3n) is 7.45. The van der Waals surface area contributed by atoms with Crippen LogP contribution >= 0.6 is 0 Å². The normalized spacial score (nSPS) is 11.1. The van der Waals surface area contributed by atoms with Crippen LogP contribution in [0.3, 0.4) is 0 Å². The molecule has 1 rings (SSSR count). The lowest BCUT2D eigenvalue weighted by molar-refractivity contribution is -0.945. The Bertz CT molecular complexity index is 638. The number of hydrogen-bond acceptors (Lipinski definition) is 3. The number of aromatic nitrogens is 1. The second-order valence-electron chi connectivity index (χ2n) is 10.9. The van der Waals surface area contributed by atoms with Crippen LogP contribution in [0.5, 0.6) is 0 Å². The molecule has 0 aliphatic carbocycles. The number of rotatable bonds is 17. The van der Waals surface area contributed by atoms with Gasteiger partial charge in [-0.3, -0.25) is 0 Å². The number of unbranched alkanes of at least 4 members (excludes halogenated alkanes) is 2. The standard InChI is InChI=1S/C14H25N2O.C14H34N2O.CH4.3ClH/c1-5-16(6-2,7-3)11-13-9-8-10-14(15-13)12-17-4;1-7-15(2,3)12-13-16(4,5)11-9-8-10-14-17-6;;;;/h8-10H,5-7,11-12H2,1-4H3;7-14H2,1-6H3;1H4;3*1H/q+1;+2;;;;/p-3. The molecule has 0 atom stereocenters. The summed E-state index contributed by atoms with van der Waals surface area (Å²) < 4.78 is 13.6. The van der Waals surface area contributed by atoms with Gasteiger partial charge in [0.05, 0.1) is 78.9 Å². The summed E-state index contributed by atoms with van der Waals surface area (Å²) in [7, 11) is 12.8. The van der Waals surface area contributed by atoms with Crippen molar-refractivity contribution in [1.82, 2.24) is 4.98 Å². The molecule has 0 bridgehead atoms. The predicted molar refractivity (Wildman–Crippen MR) is 152 cm³/mol. The Labute approximate surface area is 256 Å². The first-order valence-corrected chi connectivity index (χ1v) is 13.4. The highest BCUT2D eigenvalue weighted by molar-refractivity contribution is 5.10. The summed E-state index contributed by atoms with van der Waals surface area (Å²) in [6.45, 7) is 20.1. The summed E-state index contributed by atoms with van der Waals surface area (Å²) in [6.07, 6.45) is 3.81. The van der Waals surface area contributed by atoms with E-state index >= 15 is 0 Å². The Kier molecular flexibility index (Phi) is 32.3. The van der Waals surface area contributed by atoms with Crippen molar-refractivity contribution in [2.45, 2.75) is 67.5 Å². The number of pyridine rings is 1. The number of likely N-dealkylation sites (N-methyl/N-ethyl adjacent to an activating group) is 2. The van der Waals surface area contributed by atoms with Gasteiger partial charge in [-0.2, -0.15) is 0 Å². The van der Waals surface area contributed by atoms with E-state index in [-0.39, 0.29) is 44.6 Å². The van der Waals surface area contributed by atoms with E-state index in [0.717, 1.165) is 51.9 Å². The zero-order chi connectivity index (χ0) is 26.1. The van der Waals surface area contributed by atoms with Crippen LogP contribution in [-0.2, 0) is 22.6 Å². The summed E-state index contributed by atoms with van der Waals surface area (Å²) in [4.78, 5) is 4.65. The Hall–Kier alpha value is -0.180. The fourth-order valence-electron chi connectivity index (χ4n) is 3.97. The maximum absolute atomic E-state index is 5.12. The lowest BCUT2D eigenvalue weighted by Gasteiger charge is -2.35. The third kappa shape index (κ3) is 21.6. The van der Waals surface area contributed by atoms with E-state index in [1.54, 1.807) is 14.2 Å². The molecule has 1 aromatic heterocycles. The van der Waals surface area contributed by atoms with Crippen LogP contribution in [0.4, 0.5) is 0 Å². The van der Waals surface area contributed by atoms with E-state index in [2.05, 4.69) is 73.0 Å². The number of halogens is 3. The van der Waals surface area contributed by atoms with Crippen molar-refractivity contribution in [3.8, 4) is 0 Å². The van der Waals surface area contributed by atoms with Gasteiger partial charge in [0, 0.05) is 20.8 Å². The lowest BCUT2D eigenvalue weighted by Crippen LogP contribution is -3.00. The fourth-order valence-corrected chi connectivity index (χ4v) is 3.97. The molecule has 0 aliphatic rings. The van der Waals surface area contributed by atoms with Gasteiger partial charge in [-0.1, -0.05) is 13.5 Å². The van der Waals surface area contributed by atoms with Crippen LogP contribution < -0.4 is 37.2 Å².